The van der Waals surface area contributed by atoms with E-state index in [1.165, 1.54) is 0 Å². The highest BCUT2D eigenvalue weighted by atomic mass is 16.1. The molecule has 0 saturated carbocycles. The van der Waals surface area contributed by atoms with Crippen molar-refractivity contribution in [3.05, 3.63) is 83.4 Å². The molecule has 0 aliphatic heterocycles. The average molecular weight is 367 g/mol. The van der Waals surface area contributed by atoms with Crippen molar-refractivity contribution in [3.8, 4) is 5.69 Å². The van der Waals surface area contributed by atoms with Crippen LogP contribution in [0.2, 0.25) is 0 Å². The van der Waals surface area contributed by atoms with Crippen LogP contribution in [0, 0.1) is 6.92 Å². The van der Waals surface area contributed by atoms with Gasteiger partial charge >= 0.3 is 0 Å². The smallest absolute Gasteiger partial charge is 0.265 e. The highest BCUT2D eigenvalue weighted by molar-refractivity contribution is 6.05. The molecule has 5 rings (SSSR count). The Morgan fingerprint density at radius 2 is 1.61 bits per heavy atom. The lowest BCUT2D eigenvalue weighted by molar-refractivity contribution is 0.727. The lowest BCUT2D eigenvalue weighted by Gasteiger charge is -2.09. The maximum atomic E-state index is 13.3. The van der Waals surface area contributed by atoms with Crippen molar-refractivity contribution in [1.82, 2.24) is 24.1 Å². The standard InChI is InChI=1S/C22H17N5O/c1-3-13-26-14(2)23-20-18(22(26)28)19-21(27(20)15-9-5-4-6-10-15)25-17-12-8-7-11-16(17)24-19/h3-12H,1,13H2,2H3. The van der Waals surface area contributed by atoms with Gasteiger partial charge in [0.1, 0.15) is 16.7 Å². The van der Waals surface area contributed by atoms with E-state index in [0.717, 1.165) is 16.7 Å². The van der Waals surface area contributed by atoms with Gasteiger partial charge in [-0.2, -0.15) is 0 Å². The maximum Gasteiger partial charge on any atom is 0.265 e. The molecule has 28 heavy (non-hydrogen) atoms. The molecule has 2 aromatic carbocycles. The van der Waals surface area contributed by atoms with E-state index in [1.807, 2.05) is 66.1 Å². The number of aromatic nitrogens is 5. The highest BCUT2D eigenvalue weighted by Gasteiger charge is 2.21. The Hall–Kier alpha value is -3.80. The van der Waals surface area contributed by atoms with Gasteiger partial charge in [-0.3, -0.25) is 13.9 Å². The number of benzene rings is 2. The Morgan fingerprint density at radius 3 is 2.32 bits per heavy atom. The third kappa shape index (κ3) is 2.28. The van der Waals surface area contributed by atoms with E-state index in [2.05, 4.69) is 6.58 Å². The molecule has 0 aliphatic rings. The summed E-state index contributed by atoms with van der Waals surface area (Å²) in [6, 6.07) is 17.5. The normalized spacial score (nSPS) is 11.5. The molecule has 0 saturated heterocycles. The first-order valence-electron chi connectivity index (χ1n) is 9.03. The third-order valence-corrected chi connectivity index (χ3v) is 4.88. The predicted octanol–water partition coefficient (Wildman–Crippen LogP) is 3.78. The van der Waals surface area contributed by atoms with Gasteiger partial charge in [0, 0.05) is 12.2 Å². The monoisotopic (exact) mass is 367 g/mol. The zero-order chi connectivity index (χ0) is 19.3. The first-order chi connectivity index (χ1) is 13.7. The van der Waals surface area contributed by atoms with E-state index in [1.54, 1.807) is 10.6 Å². The van der Waals surface area contributed by atoms with E-state index in [9.17, 15) is 4.79 Å². The van der Waals surface area contributed by atoms with E-state index in [4.69, 9.17) is 15.0 Å². The summed E-state index contributed by atoms with van der Waals surface area (Å²) in [5.41, 5.74) is 4.04. The highest BCUT2D eigenvalue weighted by Crippen LogP contribution is 2.28. The number of fused-ring (bicyclic) bond motifs is 4. The van der Waals surface area contributed by atoms with Crippen LogP contribution in [0.15, 0.2) is 72.0 Å². The van der Waals surface area contributed by atoms with Crippen LogP contribution in [0.4, 0.5) is 0 Å². The van der Waals surface area contributed by atoms with E-state index in [0.29, 0.717) is 34.6 Å². The van der Waals surface area contributed by atoms with Crippen LogP contribution in [0.1, 0.15) is 5.82 Å². The Labute approximate surface area is 160 Å². The van der Waals surface area contributed by atoms with E-state index < -0.39 is 0 Å². The summed E-state index contributed by atoms with van der Waals surface area (Å²) in [7, 11) is 0. The first kappa shape index (κ1) is 16.4. The van der Waals surface area contributed by atoms with Crippen LogP contribution in [-0.4, -0.2) is 24.1 Å². The lowest BCUT2D eigenvalue weighted by atomic mass is 10.3. The summed E-state index contributed by atoms with van der Waals surface area (Å²) in [4.78, 5) is 27.7. The van der Waals surface area contributed by atoms with Crippen LogP contribution in [-0.2, 0) is 6.54 Å². The number of hydrogen-bond donors (Lipinski definition) is 0. The fourth-order valence-electron chi connectivity index (χ4n) is 3.60. The Morgan fingerprint density at radius 1 is 0.929 bits per heavy atom. The Bertz CT molecular complexity index is 1430. The number of aryl methyl sites for hydroxylation is 1. The zero-order valence-electron chi connectivity index (χ0n) is 15.3. The van der Waals surface area contributed by atoms with Gasteiger partial charge < -0.3 is 0 Å². The van der Waals surface area contributed by atoms with Crippen LogP contribution in [0.25, 0.3) is 38.9 Å². The molecule has 0 N–H and O–H groups in total. The summed E-state index contributed by atoms with van der Waals surface area (Å²) >= 11 is 0. The minimum absolute atomic E-state index is 0.133. The number of para-hydroxylation sites is 3. The van der Waals surface area contributed by atoms with Crippen molar-refractivity contribution in [2.24, 2.45) is 0 Å². The van der Waals surface area contributed by atoms with Crippen LogP contribution in [0.3, 0.4) is 0 Å². The molecule has 3 aromatic heterocycles. The topological polar surface area (TPSA) is 65.6 Å². The summed E-state index contributed by atoms with van der Waals surface area (Å²) in [5, 5.41) is 0.476. The van der Waals surface area contributed by atoms with Crippen LogP contribution < -0.4 is 5.56 Å². The molecule has 5 aromatic rings. The van der Waals surface area contributed by atoms with Crippen molar-refractivity contribution in [1.29, 1.82) is 0 Å². The molecule has 3 heterocycles. The van der Waals surface area contributed by atoms with Crippen molar-refractivity contribution >= 4 is 33.2 Å². The Balaban J connectivity index is 2.05. The van der Waals surface area contributed by atoms with Crippen LogP contribution >= 0.6 is 0 Å². The van der Waals surface area contributed by atoms with Gasteiger partial charge in [0.05, 0.1) is 11.0 Å². The molecular formula is C22H17N5O. The second-order valence-electron chi connectivity index (χ2n) is 6.62. The number of nitrogens with zero attached hydrogens (tertiary/aromatic N) is 5. The quantitative estimate of drug-likeness (QED) is 0.455. The fourth-order valence-corrected chi connectivity index (χ4v) is 3.60. The fraction of sp³-hybridized carbons (Fsp3) is 0.0909. The average Bonchev–Trinajstić information content (AvgIpc) is 3.02. The molecule has 0 fully saturated rings. The molecule has 0 unspecified atom stereocenters. The summed E-state index contributed by atoms with van der Waals surface area (Å²) in [6.07, 6.45) is 1.69. The molecular weight excluding hydrogens is 350 g/mol. The molecule has 0 spiro atoms. The molecule has 0 amide bonds. The molecule has 0 atom stereocenters. The first-order valence-corrected chi connectivity index (χ1v) is 9.03. The van der Waals surface area contributed by atoms with Gasteiger partial charge in [-0.05, 0) is 31.2 Å². The number of allylic oxidation sites excluding steroid dienone is 1. The molecule has 136 valence electrons. The second kappa shape index (κ2) is 6.13. The molecule has 0 aliphatic carbocycles. The van der Waals surface area contributed by atoms with Crippen molar-refractivity contribution in [2.75, 3.05) is 0 Å². The maximum absolute atomic E-state index is 13.3. The van der Waals surface area contributed by atoms with Crippen molar-refractivity contribution < 1.29 is 0 Å². The Kier molecular flexibility index (Phi) is 3.58. The largest absolute Gasteiger partial charge is 0.292 e. The minimum atomic E-state index is -0.133. The number of hydrogen-bond acceptors (Lipinski definition) is 4. The summed E-state index contributed by atoms with van der Waals surface area (Å²) in [5.74, 6) is 0.627. The van der Waals surface area contributed by atoms with Crippen molar-refractivity contribution in [3.63, 3.8) is 0 Å². The number of rotatable bonds is 3. The van der Waals surface area contributed by atoms with Gasteiger partial charge in [-0.1, -0.05) is 36.4 Å². The van der Waals surface area contributed by atoms with Gasteiger partial charge in [0.25, 0.3) is 5.56 Å². The van der Waals surface area contributed by atoms with E-state index >= 15 is 0 Å². The van der Waals surface area contributed by atoms with Gasteiger partial charge in [0.2, 0.25) is 0 Å². The molecule has 0 bridgehead atoms. The van der Waals surface area contributed by atoms with E-state index in [-0.39, 0.29) is 5.56 Å². The minimum Gasteiger partial charge on any atom is -0.292 e. The van der Waals surface area contributed by atoms with Crippen molar-refractivity contribution in [2.45, 2.75) is 13.5 Å². The third-order valence-electron chi connectivity index (χ3n) is 4.88. The summed E-state index contributed by atoms with van der Waals surface area (Å²) in [6.45, 7) is 5.98. The van der Waals surface area contributed by atoms with Gasteiger partial charge in [-0.25, -0.2) is 15.0 Å². The lowest BCUT2D eigenvalue weighted by Crippen LogP contribution is -2.23. The molecule has 6 heteroatoms. The molecule has 0 radical (unpaired) electrons. The predicted molar refractivity (Wildman–Crippen MR) is 111 cm³/mol. The second-order valence-corrected chi connectivity index (χ2v) is 6.62. The van der Waals surface area contributed by atoms with Gasteiger partial charge in [0.15, 0.2) is 11.3 Å². The van der Waals surface area contributed by atoms with Gasteiger partial charge in [-0.15, -0.1) is 6.58 Å². The molecule has 6 nitrogen and oxygen atoms in total. The zero-order valence-corrected chi connectivity index (χ0v) is 15.3. The summed E-state index contributed by atoms with van der Waals surface area (Å²) < 4.78 is 3.53. The SMILES string of the molecule is C=CCn1c(C)nc2c(c1=O)c1nc3ccccc3nc1n2-c1ccccc1. The van der Waals surface area contributed by atoms with Crippen LogP contribution in [0.5, 0.6) is 0 Å².